The van der Waals surface area contributed by atoms with E-state index in [1.165, 1.54) is 18.0 Å². The zero-order valence-corrected chi connectivity index (χ0v) is 16.6. The molecule has 3 rings (SSSR count). The highest BCUT2D eigenvalue weighted by Gasteiger charge is 2.38. The molecule has 6 nitrogen and oxygen atoms in total. The van der Waals surface area contributed by atoms with E-state index in [-0.39, 0.29) is 10.9 Å². The van der Waals surface area contributed by atoms with E-state index < -0.39 is 17.7 Å². The van der Waals surface area contributed by atoms with Crippen molar-refractivity contribution < 1.29 is 14.4 Å². The molecule has 0 radical (unpaired) electrons. The fraction of sp³-hybridized carbons (Fsp3) is 0.105. The molecule has 0 unspecified atom stereocenters. The molecule has 2 amide bonds. The fourth-order valence-electron chi connectivity index (χ4n) is 2.50. The Morgan fingerprint density at radius 2 is 1.78 bits per heavy atom. The summed E-state index contributed by atoms with van der Waals surface area (Å²) in [5, 5.41) is 2.56. The molecule has 2 aromatic carbocycles. The number of benzene rings is 2. The number of nitrogens with one attached hydrogen (secondary N) is 1. The van der Waals surface area contributed by atoms with Crippen LogP contribution in [0.4, 0.5) is 11.4 Å². The summed E-state index contributed by atoms with van der Waals surface area (Å²) in [4.78, 5) is 41.8. The molecule has 136 valence electrons. The lowest BCUT2D eigenvalue weighted by Crippen LogP contribution is -2.58. The van der Waals surface area contributed by atoms with Gasteiger partial charge in [-0.2, -0.15) is 0 Å². The van der Waals surface area contributed by atoms with Crippen molar-refractivity contribution in [3.05, 3.63) is 58.6 Å². The number of rotatable bonds is 4. The maximum absolute atomic E-state index is 12.8. The Bertz CT molecular complexity index is 955. The van der Waals surface area contributed by atoms with Gasteiger partial charge in [0.05, 0.1) is 11.4 Å². The topological polar surface area (TPSA) is 78.8 Å². The maximum atomic E-state index is 12.8. The van der Waals surface area contributed by atoms with Gasteiger partial charge >= 0.3 is 0 Å². The number of amides is 2. The summed E-state index contributed by atoms with van der Waals surface area (Å²) in [6.07, 6.45) is 1.29. The number of ketones is 1. The monoisotopic (exact) mass is 443 g/mol. The van der Waals surface area contributed by atoms with Crippen LogP contribution in [-0.2, 0) is 9.59 Å². The van der Waals surface area contributed by atoms with Gasteiger partial charge in [0.1, 0.15) is 0 Å². The molecule has 27 heavy (non-hydrogen) atoms. The normalized spacial score (nSPS) is 17.3. The zero-order chi connectivity index (χ0) is 19.6. The molecule has 1 heterocycles. The number of carbonyl (C=O) groups excluding carboxylic acids is 3. The van der Waals surface area contributed by atoms with Crippen molar-refractivity contribution in [1.29, 1.82) is 0 Å². The van der Waals surface area contributed by atoms with Crippen LogP contribution in [0.25, 0.3) is 0 Å². The van der Waals surface area contributed by atoms with Gasteiger partial charge in [-0.3, -0.25) is 24.3 Å². The molecule has 8 heteroatoms. The average Bonchev–Trinajstić information content (AvgIpc) is 2.63. The van der Waals surface area contributed by atoms with Crippen LogP contribution in [-0.4, -0.2) is 28.9 Å². The van der Waals surface area contributed by atoms with Crippen molar-refractivity contribution >= 4 is 68.4 Å². The van der Waals surface area contributed by atoms with Gasteiger partial charge in [0.25, 0.3) is 5.91 Å². The molecule has 2 aromatic rings. The standard InChI is InChI=1S/C19H14BrN3O3S/c1-11(24)12-2-6-14(7-3-12)21-10-16-17(25)22-19(27)23(18(16)26)15-8-4-13(20)5-9-15/h2-10,16H,1H3,(H,22,25,27)/t16-/m1/s1. The van der Waals surface area contributed by atoms with Gasteiger partial charge < -0.3 is 5.32 Å². The number of hydrogen-bond donors (Lipinski definition) is 1. The van der Waals surface area contributed by atoms with Gasteiger partial charge in [-0.25, -0.2) is 0 Å². The van der Waals surface area contributed by atoms with Crippen molar-refractivity contribution in [3.8, 4) is 0 Å². The van der Waals surface area contributed by atoms with E-state index in [0.717, 1.165) is 4.47 Å². The third-order valence-corrected chi connectivity index (χ3v) is 4.75. The summed E-state index contributed by atoms with van der Waals surface area (Å²) in [5.74, 6) is -2.16. The Balaban J connectivity index is 1.84. The first-order valence-corrected chi connectivity index (χ1v) is 9.16. The summed E-state index contributed by atoms with van der Waals surface area (Å²) >= 11 is 8.49. The van der Waals surface area contributed by atoms with Gasteiger partial charge in [-0.05, 0) is 67.7 Å². The van der Waals surface area contributed by atoms with Crippen LogP contribution in [0.15, 0.2) is 58.0 Å². The zero-order valence-electron chi connectivity index (χ0n) is 14.2. The highest BCUT2D eigenvalue weighted by molar-refractivity contribution is 9.10. The lowest BCUT2D eigenvalue weighted by Gasteiger charge is -2.30. The number of nitrogens with zero attached hydrogens (tertiary/aromatic N) is 2. The first kappa shape index (κ1) is 19.1. The van der Waals surface area contributed by atoms with Crippen LogP contribution in [0.5, 0.6) is 0 Å². The van der Waals surface area contributed by atoms with Gasteiger partial charge in [-0.15, -0.1) is 0 Å². The van der Waals surface area contributed by atoms with Crippen molar-refractivity contribution in [2.45, 2.75) is 6.92 Å². The number of hydrogen-bond acceptors (Lipinski definition) is 5. The number of anilines is 1. The molecule has 1 N–H and O–H groups in total. The van der Waals surface area contributed by atoms with Gasteiger partial charge in [0.2, 0.25) is 5.91 Å². The van der Waals surface area contributed by atoms with Crippen molar-refractivity contribution in [1.82, 2.24) is 5.32 Å². The van der Waals surface area contributed by atoms with Crippen LogP contribution in [0.2, 0.25) is 0 Å². The molecular formula is C19H14BrN3O3S. The van der Waals surface area contributed by atoms with Crippen LogP contribution < -0.4 is 10.2 Å². The SMILES string of the molecule is CC(=O)c1ccc(N=C[C@@H]2C(=O)NC(=S)N(c3ccc(Br)cc3)C2=O)cc1. The molecule has 1 aliphatic heterocycles. The quantitative estimate of drug-likeness (QED) is 0.339. The van der Waals surface area contributed by atoms with E-state index in [1.807, 2.05) is 0 Å². The Labute approximate surface area is 169 Å². The first-order valence-electron chi connectivity index (χ1n) is 7.96. The third-order valence-electron chi connectivity index (χ3n) is 3.93. The Morgan fingerprint density at radius 3 is 2.37 bits per heavy atom. The van der Waals surface area contributed by atoms with Gasteiger partial charge in [0.15, 0.2) is 16.8 Å². The van der Waals surface area contributed by atoms with Gasteiger partial charge in [0, 0.05) is 16.3 Å². The number of Topliss-reactive ketones (excluding diaryl/α,β-unsaturated/α-hetero) is 1. The van der Waals surface area contributed by atoms with Crippen LogP contribution >= 0.6 is 28.1 Å². The van der Waals surface area contributed by atoms with Crippen molar-refractivity contribution in [3.63, 3.8) is 0 Å². The molecule has 1 saturated heterocycles. The predicted molar refractivity (Wildman–Crippen MR) is 110 cm³/mol. The van der Waals surface area contributed by atoms with E-state index in [1.54, 1.807) is 48.5 Å². The Kier molecular flexibility index (Phi) is 5.57. The molecule has 0 spiro atoms. The molecular weight excluding hydrogens is 430 g/mol. The van der Waals surface area contributed by atoms with E-state index in [2.05, 4.69) is 26.2 Å². The molecule has 1 fully saturated rings. The molecule has 1 atom stereocenters. The van der Waals surface area contributed by atoms with Gasteiger partial charge in [-0.1, -0.05) is 15.9 Å². The largest absolute Gasteiger partial charge is 0.301 e. The third kappa shape index (κ3) is 4.17. The van der Waals surface area contributed by atoms with Crippen LogP contribution in [0.1, 0.15) is 17.3 Å². The second-order valence-electron chi connectivity index (χ2n) is 5.80. The average molecular weight is 444 g/mol. The number of halogens is 1. The molecule has 0 saturated carbocycles. The highest BCUT2D eigenvalue weighted by Crippen LogP contribution is 2.23. The van der Waals surface area contributed by atoms with Crippen LogP contribution in [0, 0.1) is 5.92 Å². The summed E-state index contributed by atoms with van der Waals surface area (Å²) in [5.41, 5.74) is 1.65. The lowest BCUT2D eigenvalue weighted by atomic mass is 10.1. The van der Waals surface area contributed by atoms with E-state index >= 15 is 0 Å². The minimum Gasteiger partial charge on any atom is -0.301 e. The van der Waals surface area contributed by atoms with Crippen molar-refractivity contribution in [2.24, 2.45) is 10.9 Å². The van der Waals surface area contributed by atoms with E-state index in [4.69, 9.17) is 12.2 Å². The molecule has 0 aromatic heterocycles. The number of aliphatic imine (C=N–C) groups is 1. The summed E-state index contributed by atoms with van der Waals surface area (Å²) < 4.78 is 0.859. The maximum Gasteiger partial charge on any atom is 0.251 e. The summed E-state index contributed by atoms with van der Waals surface area (Å²) in [6, 6.07) is 13.6. The fourth-order valence-corrected chi connectivity index (χ4v) is 3.06. The Hall–Kier alpha value is -2.71. The Morgan fingerprint density at radius 1 is 1.15 bits per heavy atom. The second-order valence-corrected chi connectivity index (χ2v) is 7.11. The predicted octanol–water partition coefficient (Wildman–Crippen LogP) is 3.42. The second kappa shape index (κ2) is 7.89. The molecule has 0 aliphatic carbocycles. The number of thiocarbonyl (C=S) groups is 1. The molecule has 1 aliphatic rings. The lowest BCUT2D eigenvalue weighted by molar-refractivity contribution is -0.130. The number of carbonyl (C=O) groups is 3. The summed E-state index contributed by atoms with van der Waals surface area (Å²) in [6.45, 7) is 1.48. The first-order chi connectivity index (χ1) is 12.9. The van der Waals surface area contributed by atoms with E-state index in [9.17, 15) is 14.4 Å². The van der Waals surface area contributed by atoms with E-state index in [0.29, 0.717) is 16.9 Å². The highest BCUT2D eigenvalue weighted by atomic mass is 79.9. The van der Waals surface area contributed by atoms with Crippen molar-refractivity contribution in [2.75, 3.05) is 4.90 Å². The smallest absolute Gasteiger partial charge is 0.251 e. The minimum absolute atomic E-state index is 0.0304. The summed E-state index contributed by atoms with van der Waals surface area (Å²) in [7, 11) is 0. The minimum atomic E-state index is -1.10. The van der Waals surface area contributed by atoms with Crippen LogP contribution in [0.3, 0.4) is 0 Å². The molecule has 0 bridgehead atoms.